The van der Waals surface area contributed by atoms with Gasteiger partial charge in [0.05, 0.1) is 37.3 Å². The Morgan fingerprint density at radius 2 is 1.94 bits per heavy atom. The average molecular weight is 467 g/mol. The van der Waals surface area contributed by atoms with Crippen LogP contribution in [0, 0.1) is 5.82 Å². The topological polar surface area (TPSA) is 76.9 Å². The maximum Gasteiger partial charge on any atom is 0.415 e. The average Bonchev–Trinajstić information content (AvgIpc) is 3.24. The molecule has 2 fully saturated rings. The number of carbonyl (C=O) groups is 2. The summed E-state index contributed by atoms with van der Waals surface area (Å²) in [6.07, 6.45) is 1.17. The minimum atomic E-state index is -0.985. The number of anilines is 1. The lowest BCUT2D eigenvalue weighted by molar-refractivity contribution is -0.133. The molecule has 0 aliphatic carbocycles. The molecule has 3 heterocycles. The zero-order valence-electron chi connectivity index (χ0n) is 19.1. The fourth-order valence-corrected chi connectivity index (χ4v) is 4.67. The van der Waals surface area contributed by atoms with Crippen LogP contribution in [0.5, 0.6) is 0 Å². The molecule has 0 radical (unpaired) electrons. The number of ether oxygens (including phenoxy) is 2. The summed E-state index contributed by atoms with van der Waals surface area (Å²) in [6, 6.07) is 13.5. The van der Waals surface area contributed by atoms with Crippen LogP contribution in [0.25, 0.3) is 11.0 Å². The molecule has 2 aromatic carbocycles. The summed E-state index contributed by atoms with van der Waals surface area (Å²) in [5.41, 5.74) is 1.35. The molecule has 8 nitrogen and oxygen atoms in total. The number of fused-ring (bicyclic) bond motifs is 1. The van der Waals surface area contributed by atoms with Crippen molar-refractivity contribution in [3.63, 3.8) is 0 Å². The Bertz CT molecular complexity index is 1210. The molecule has 2 aliphatic heterocycles. The fourth-order valence-electron chi connectivity index (χ4n) is 4.67. The Morgan fingerprint density at radius 1 is 1.15 bits per heavy atom. The molecule has 1 atom stereocenters. The molecule has 3 aromatic rings. The third-order valence-corrected chi connectivity index (χ3v) is 6.31. The van der Waals surface area contributed by atoms with Gasteiger partial charge in [-0.2, -0.15) is 0 Å². The number of halogens is 1. The molecule has 2 amide bonds. The molecule has 9 heteroatoms. The van der Waals surface area contributed by atoms with E-state index in [1.807, 2.05) is 28.8 Å². The van der Waals surface area contributed by atoms with Crippen molar-refractivity contribution in [1.82, 2.24) is 14.5 Å². The number of imidazole rings is 1. The van der Waals surface area contributed by atoms with E-state index in [1.165, 1.54) is 29.2 Å². The molecular weight excluding hydrogens is 439 g/mol. The molecule has 0 bridgehead atoms. The second kappa shape index (κ2) is 9.06. The maximum absolute atomic E-state index is 13.5. The zero-order chi connectivity index (χ0) is 23.7. The van der Waals surface area contributed by atoms with Crippen molar-refractivity contribution in [3.8, 4) is 0 Å². The Balaban J connectivity index is 1.36. The highest BCUT2D eigenvalue weighted by atomic mass is 19.1. The summed E-state index contributed by atoms with van der Waals surface area (Å²) in [5.74, 6) is 0.421. The zero-order valence-corrected chi connectivity index (χ0v) is 19.1. The van der Waals surface area contributed by atoms with Crippen molar-refractivity contribution in [3.05, 3.63) is 60.2 Å². The lowest BCUT2D eigenvalue weighted by Crippen LogP contribution is -2.50. The van der Waals surface area contributed by atoms with Crippen molar-refractivity contribution in [1.29, 1.82) is 0 Å². The van der Waals surface area contributed by atoms with Gasteiger partial charge in [0.25, 0.3) is 0 Å². The normalized spacial score (nSPS) is 20.7. The number of hydrogen-bond acceptors (Lipinski definition) is 5. The van der Waals surface area contributed by atoms with Gasteiger partial charge in [-0.05, 0) is 42.8 Å². The van der Waals surface area contributed by atoms with E-state index in [0.29, 0.717) is 18.8 Å². The minimum absolute atomic E-state index is 0.0818. The lowest BCUT2D eigenvalue weighted by Gasteiger charge is -2.30. The highest BCUT2D eigenvalue weighted by Gasteiger charge is 2.49. The highest BCUT2D eigenvalue weighted by molar-refractivity contribution is 5.90. The second-order valence-corrected chi connectivity index (χ2v) is 8.83. The van der Waals surface area contributed by atoms with Crippen molar-refractivity contribution in [2.45, 2.75) is 31.9 Å². The number of para-hydroxylation sites is 2. The van der Waals surface area contributed by atoms with Gasteiger partial charge in [-0.1, -0.05) is 19.1 Å². The van der Waals surface area contributed by atoms with Crippen LogP contribution < -0.4 is 4.90 Å². The van der Waals surface area contributed by atoms with Gasteiger partial charge in [-0.15, -0.1) is 0 Å². The first-order chi connectivity index (χ1) is 16.5. The number of hydrogen-bond donors (Lipinski definition) is 0. The van der Waals surface area contributed by atoms with Crippen LogP contribution in [0.3, 0.4) is 0 Å². The largest absolute Gasteiger partial charge is 0.436 e. The van der Waals surface area contributed by atoms with Gasteiger partial charge in [0.1, 0.15) is 18.2 Å². The highest BCUT2D eigenvalue weighted by Crippen LogP contribution is 2.31. The van der Waals surface area contributed by atoms with Crippen LogP contribution in [0.4, 0.5) is 14.9 Å². The molecule has 1 unspecified atom stereocenters. The van der Waals surface area contributed by atoms with E-state index < -0.39 is 11.7 Å². The number of amides is 2. The van der Waals surface area contributed by atoms with E-state index in [1.54, 1.807) is 4.90 Å². The van der Waals surface area contributed by atoms with Crippen LogP contribution in [0.15, 0.2) is 48.5 Å². The van der Waals surface area contributed by atoms with E-state index >= 15 is 0 Å². The van der Waals surface area contributed by atoms with E-state index in [0.717, 1.165) is 29.7 Å². The van der Waals surface area contributed by atoms with Crippen LogP contribution >= 0.6 is 0 Å². The van der Waals surface area contributed by atoms with E-state index in [2.05, 4.69) is 6.92 Å². The molecule has 0 N–H and O–H groups in total. The van der Waals surface area contributed by atoms with Crippen LogP contribution in [0.2, 0.25) is 0 Å². The summed E-state index contributed by atoms with van der Waals surface area (Å²) in [4.78, 5) is 34.0. The monoisotopic (exact) mass is 466 g/mol. The molecule has 5 rings (SSSR count). The molecule has 2 saturated heterocycles. The van der Waals surface area contributed by atoms with Crippen LogP contribution in [-0.2, 0) is 27.2 Å². The Hall–Kier alpha value is -3.46. The van der Waals surface area contributed by atoms with E-state index in [9.17, 15) is 14.0 Å². The van der Waals surface area contributed by atoms with Crippen molar-refractivity contribution in [2.24, 2.45) is 0 Å². The minimum Gasteiger partial charge on any atom is -0.436 e. The first kappa shape index (κ1) is 22.3. The van der Waals surface area contributed by atoms with Gasteiger partial charge >= 0.3 is 6.09 Å². The number of rotatable bonds is 5. The van der Waals surface area contributed by atoms with Gasteiger partial charge in [0.15, 0.2) is 5.60 Å². The standard InChI is InChI=1S/C25H27FN4O4/c1-2-5-22-27-20-6-3-4-7-21(20)29(22)14-23(31)28-12-13-33-17-25(15-28)16-30(24(32)34-25)19-10-8-18(26)9-11-19/h3-4,6-11H,2,5,12-17H2,1H3. The SMILES string of the molecule is CCCc1nc2ccccc2n1CC(=O)N1CCOCC2(C1)CN(c1ccc(F)cc1)C(=O)O2. The number of carbonyl (C=O) groups excluding carboxylic acids is 2. The Kier molecular flexibility index (Phi) is 5.95. The van der Waals surface area contributed by atoms with Gasteiger partial charge in [0, 0.05) is 18.7 Å². The summed E-state index contributed by atoms with van der Waals surface area (Å²) in [5, 5.41) is 0. The van der Waals surface area contributed by atoms with Crippen molar-refractivity contribution in [2.75, 3.05) is 37.7 Å². The van der Waals surface area contributed by atoms with Gasteiger partial charge < -0.3 is 18.9 Å². The molecule has 0 saturated carbocycles. The van der Waals surface area contributed by atoms with Crippen LogP contribution in [0.1, 0.15) is 19.2 Å². The first-order valence-corrected chi connectivity index (χ1v) is 11.5. The molecule has 1 aromatic heterocycles. The summed E-state index contributed by atoms with van der Waals surface area (Å²) < 4.78 is 26.8. The second-order valence-electron chi connectivity index (χ2n) is 8.83. The Morgan fingerprint density at radius 3 is 2.74 bits per heavy atom. The van der Waals surface area contributed by atoms with Gasteiger partial charge in [-0.3, -0.25) is 9.69 Å². The van der Waals surface area contributed by atoms with Crippen LogP contribution in [-0.4, -0.2) is 64.9 Å². The third kappa shape index (κ3) is 4.23. The molecule has 178 valence electrons. The molecule has 1 spiro atoms. The van der Waals surface area contributed by atoms with E-state index in [4.69, 9.17) is 14.5 Å². The summed E-state index contributed by atoms with van der Waals surface area (Å²) >= 11 is 0. The van der Waals surface area contributed by atoms with E-state index in [-0.39, 0.29) is 38.0 Å². The summed E-state index contributed by atoms with van der Waals surface area (Å²) in [6.45, 7) is 3.64. The lowest BCUT2D eigenvalue weighted by atomic mass is 10.0. The fraction of sp³-hybridized carbons (Fsp3) is 0.400. The maximum atomic E-state index is 13.5. The van der Waals surface area contributed by atoms with Crippen molar-refractivity contribution >= 4 is 28.7 Å². The third-order valence-electron chi connectivity index (χ3n) is 6.31. The number of nitrogens with zero attached hydrogens (tertiary/aromatic N) is 4. The number of aryl methyl sites for hydroxylation is 1. The number of benzene rings is 2. The van der Waals surface area contributed by atoms with Gasteiger partial charge in [-0.25, -0.2) is 14.2 Å². The summed E-state index contributed by atoms with van der Waals surface area (Å²) in [7, 11) is 0. The van der Waals surface area contributed by atoms with Gasteiger partial charge in [0.2, 0.25) is 5.91 Å². The predicted molar refractivity (Wildman–Crippen MR) is 124 cm³/mol. The Labute approximate surface area is 196 Å². The molecule has 34 heavy (non-hydrogen) atoms. The number of aromatic nitrogens is 2. The smallest absolute Gasteiger partial charge is 0.415 e. The molecule has 2 aliphatic rings. The first-order valence-electron chi connectivity index (χ1n) is 11.5. The molecular formula is C25H27FN4O4. The predicted octanol–water partition coefficient (Wildman–Crippen LogP) is 3.38. The quantitative estimate of drug-likeness (QED) is 0.576. The van der Waals surface area contributed by atoms with Crippen molar-refractivity contribution < 1.29 is 23.5 Å².